The number of unbranched alkanes of at least 4 members (excludes halogenated alkanes) is 1. The fourth-order valence-electron chi connectivity index (χ4n) is 3.02. The minimum Gasteiger partial charge on any atom is -0.319 e. The van der Waals surface area contributed by atoms with E-state index in [2.05, 4.69) is 47.8 Å². The van der Waals surface area contributed by atoms with E-state index in [1.807, 2.05) is 0 Å². The maximum atomic E-state index is 12.7. The van der Waals surface area contributed by atoms with Gasteiger partial charge >= 0.3 is 0 Å². The van der Waals surface area contributed by atoms with Gasteiger partial charge in [-0.3, -0.25) is 10.1 Å². The lowest BCUT2D eigenvalue weighted by Gasteiger charge is -2.31. The van der Waals surface area contributed by atoms with Gasteiger partial charge in [0.1, 0.15) is 6.17 Å². The van der Waals surface area contributed by atoms with Gasteiger partial charge in [0.25, 0.3) is 0 Å². The molecule has 20 heavy (non-hydrogen) atoms. The highest BCUT2D eigenvalue weighted by atomic mass is 32.1. The van der Waals surface area contributed by atoms with Gasteiger partial charge in [0.15, 0.2) is 0 Å². The standard InChI is InChI=1S/C16H26N2OS/c1-4-7-8-14-16(19)18(13(5-2)6-3)15(17-14)12-9-10-20-11-12/h9-11,13-15,17H,4-8H2,1-3H3. The number of carbonyl (C=O) groups excluding carboxylic acids is 1. The van der Waals surface area contributed by atoms with Gasteiger partial charge in [0, 0.05) is 6.04 Å². The molecule has 0 aromatic carbocycles. The predicted molar refractivity (Wildman–Crippen MR) is 84.7 cm³/mol. The van der Waals surface area contributed by atoms with Gasteiger partial charge in [-0.15, -0.1) is 0 Å². The molecule has 1 aliphatic heterocycles. The Hall–Kier alpha value is -0.870. The average Bonchev–Trinajstić information content (AvgIpc) is 3.08. The largest absolute Gasteiger partial charge is 0.319 e. The Balaban J connectivity index is 2.21. The summed E-state index contributed by atoms with van der Waals surface area (Å²) < 4.78 is 0. The summed E-state index contributed by atoms with van der Waals surface area (Å²) in [5.74, 6) is 0.295. The summed E-state index contributed by atoms with van der Waals surface area (Å²) in [6.07, 6.45) is 5.30. The first-order valence-electron chi connectivity index (χ1n) is 7.83. The molecule has 1 saturated heterocycles. The van der Waals surface area contributed by atoms with E-state index in [1.165, 1.54) is 5.56 Å². The van der Waals surface area contributed by atoms with Crippen LogP contribution in [0, 0.1) is 0 Å². The Morgan fingerprint density at radius 3 is 2.65 bits per heavy atom. The van der Waals surface area contributed by atoms with E-state index in [9.17, 15) is 4.79 Å². The third kappa shape index (κ3) is 3.07. The first kappa shape index (κ1) is 15.5. The lowest BCUT2D eigenvalue weighted by atomic mass is 10.1. The van der Waals surface area contributed by atoms with Crippen LogP contribution in [0.15, 0.2) is 16.8 Å². The topological polar surface area (TPSA) is 32.3 Å². The van der Waals surface area contributed by atoms with Gasteiger partial charge in [-0.05, 0) is 41.7 Å². The SMILES string of the molecule is CCCCC1NC(c2ccsc2)N(C(CC)CC)C1=O. The van der Waals surface area contributed by atoms with E-state index in [-0.39, 0.29) is 12.2 Å². The smallest absolute Gasteiger partial charge is 0.241 e. The maximum Gasteiger partial charge on any atom is 0.241 e. The molecular formula is C16H26N2OS. The molecule has 0 bridgehead atoms. The minimum atomic E-state index is 0.000417. The van der Waals surface area contributed by atoms with E-state index in [1.54, 1.807) is 11.3 Å². The summed E-state index contributed by atoms with van der Waals surface area (Å²) in [4.78, 5) is 14.8. The van der Waals surface area contributed by atoms with Crippen LogP contribution in [0.2, 0.25) is 0 Å². The molecule has 3 nitrogen and oxygen atoms in total. The van der Waals surface area contributed by atoms with Crippen molar-refractivity contribution >= 4 is 17.2 Å². The molecule has 1 fully saturated rings. The molecule has 112 valence electrons. The number of rotatable bonds is 7. The second-order valence-corrected chi connectivity index (χ2v) is 6.32. The first-order valence-corrected chi connectivity index (χ1v) is 8.77. The molecule has 1 N–H and O–H groups in total. The van der Waals surface area contributed by atoms with Crippen LogP contribution in [-0.2, 0) is 4.79 Å². The highest BCUT2D eigenvalue weighted by Gasteiger charge is 2.41. The van der Waals surface area contributed by atoms with Gasteiger partial charge in [-0.1, -0.05) is 33.6 Å². The van der Waals surface area contributed by atoms with Crippen molar-refractivity contribution < 1.29 is 4.79 Å². The fourth-order valence-corrected chi connectivity index (χ4v) is 3.70. The highest BCUT2D eigenvalue weighted by Crippen LogP contribution is 2.32. The fraction of sp³-hybridized carbons (Fsp3) is 0.688. The van der Waals surface area contributed by atoms with E-state index in [0.29, 0.717) is 11.9 Å². The molecule has 1 amide bonds. The summed E-state index contributed by atoms with van der Waals surface area (Å²) in [5, 5.41) is 7.80. The molecule has 0 radical (unpaired) electrons. The molecular weight excluding hydrogens is 268 g/mol. The van der Waals surface area contributed by atoms with Gasteiger partial charge in [0.05, 0.1) is 6.04 Å². The molecule has 0 spiro atoms. The summed E-state index contributed by atoms with van der Waals surface area (Å²) in [6, 6.07) is 2.47. The van der Waals surface area contributed by atoms with E-state index < -0.39 is 0 Å². The van der Waals surface area contributed by atoms with Crippen molar-refractivity contribution in [2.45, 2.75) is 71.1 Å². The van der Waals surface area contributed by atoms with E-state index in [0.717, 1.165) is 32.1 Å². The van der Waals surface area contributed by atoms with Gasteiger partial charge in [-0.2, -0.15) is 11.3 Å². The molecule has 0 saturated carbocycles. The molecule has 2 atom stereocenters. The van der Waals surface area contributed by atoms with Crippen LogP contribution in [0.1, 0.15) is 64.6 Å². The summed E-state index contributed by atoms with van der Waals surface area (Å²) in [6.45, 7) is 6.52. The average molecular weight is 294 g/mol. The van der Waals surface area contributed by atoms with Crippen molar-refractivity contribution in [3.05, 3.63) is 22.4 Å². The Bertz CT molecular complexity index is 414. The minimum absolute atomic E-state index is 0.000417. The number of nitrogens with one attached hydrogen (secondary N) is 1. The van der Waals surface area contributed by atoms with Gasteiger partial charge < -0.3 is 4.90 Å². The lowest BCUT2D eigenvalue weighted by molar-refractivity contribution is -0.132. The quantitative estimate of drug-likeness (QED) is 0.826. The Labute approximate surface area is 126 Å². The predicted octanol–water partition coefficient (Wildman–Crippen LogP) is 3.93. The third-order valence-corrected chi connectivity index (χ3v) is 4.93. The monoisotopic (exact) mass is 294 g/mol. The van der Waals surface area contributed by atoms with Crippen LogP contribution in [0.4, 0.5) is 0 Å². The summed E-state index contributed by atoms with van der Waals surface area (Å²) >= 11 is 1.70. The van der Waals surface area contributed by atoms with Crippen molar-refractivity contribution in [1.29, 1.82) is 0 Å². The molecule has 4 heteroatoms. The molecule has 0 aliphatic carbocycles. The van der Waals surface area contributed by atoms with E-state index >= 15 is 0 Å². The summed E-state index contributed by atoms with van der Waals surface area (Å²) in [5.41, 5.74) is 1.23. The van der Waals surface area contributed by atoms with Crippen molar-refractivity contribution in [3.8, 4) is 0 Å². The van der Waals surface area contributed by atoms with Crippen molar-refractivity contribution in [2.24, 2.45) is 0 Å². The Morgan fingerprint density at radius 1 is 1.35 bits per heavy atom. The second kappa shape index (κ2) is 7.23. The number of carbonyl (C=O) groups is 1. The van der Waals surface area contributed by atoms with Crippen LogP contribution >= 0.6 is 11.3 Å². The number of nitrogens with zero attached hydrogens (tertiary/aromatic N) is 1. The van der Waals surface area contributed by atoms with Gasteiger partial charge in [-0.25, -0.2) is 0 Å². The van der Waals surface area contributed by atoms with Gasteiger partial charge in [0.2, 0.25) is 5.91 Å². The zero-order valence-electron chi connectivity index (χ0n) is 12.8. The van der Waals surface area contributed by atoms with Crippen LogP contribution < -0.4 is 5.32 Å². The lowest BCUT2D eigenvalue weighted by Crippen LogP contribution is -2.39. The Kier molecular flexibility index (Phi) is 5.61. The van der Waals surface area contributed by atoms with Crippen molar-refractivity contribution in [1.82, 2.24) is 10.2 Å². The third-order valence-electron chi connectivity index (χ3n) is 4.23. The van der Waals surface area contributed by atoms with Crippen molar-refractivity contribution in [2.75, 3.05) is 0 Å². The molecule has 2 rings (SSSR count). The molecule has 1 aliphatic rings. The first-order chi connectivity index (χ1) is 9.72. The number of hydrogen-bond donors (Lipinski definition) is 1. The normalized spacial score (nSPS) is 23.0. The summed E-state index contributed by atoms with van der Waals surface area (Å²) in [7, 11) is 0. The zero-order chi connectivity index (χ0) is 14.5. The maximum absolute atomic E-state index is 12.7. The molecule has 2 heterocycles. The zero-order valence-corrected chi connectivity index (χ0v) is 13.6. The number of amides is 1. The highest BCUT2D eigenvalue weighted by molar-refractivity contribution is 7.07. The van der Waals surface area contributed by atoms with Crippen LogP contribution in [0.5, 0.6) is 0 Å². The number of thiophene rings is 1. The van der Waals surface area contributed by atoms with Crippen LogP contribution in [-0.4, -0.2) is 22.9 Å². The van der Waals surface area contributed by atoms with Crippen molar-refractivity contribution in [3.63, 3.8) is 0 Å². The number of hydrogen-bond acceptors (Lipinski definition) is 3. The van der Waals surface area contributed by atoms with Crippen LogP contribution in [0.3, 0.4) is 0 Å². The van der Waals surface area contributed by atoms with E-state index in [4.69, 9.17) is 0 Å². The Morgan fingerprint density at radius 2 is 2.10 bits per heavy atom. The molecule has 2 unspecified atom stereocenters. The van der Waals surface area contributed by atoms with Crippen LogP contribution in [0.25, 0.3) is 0 Å². The second-order valence-electron chi connectivity index (χ2n) is 5.54. The molecule has 1 aromatic heterocycles. The molecule has 1 aromatic rings.